The summed E-state index contributed by atoms with van der Waals surface area (Å²) in [7, 11) is 1.89. The molecule has 0 spiro atoms. The number of amides is 1. The highest BCUT2D eigenvalue weighted by Crippen LogP contribution is 2.30. The Bertz CT molecular complexity index is 1130. The smallest absolute Gasteiger partial charge is 0.267 e. The molecule has 3 heterocycles. The van der Waals surface area contributed by atoms with E-state index in [0.717, 1.165) is 38.9 Å². The Morgan fingerprint density at radius 2 is 1.73 bits per heavy atom. The highest BCUT2D eigenvalue weighted by molar-refractivity contribution is 5.99. The van der Waals surface area contributed by atoms with Gasteiger partial charge in [0.25, 0.3) is 5.91 Å². The van der Waals surface area contributed by atoms with E-state index in [1.54, 1.807) is 16.9 Å². The molecule has 1 aromatic carbocycles. The van der Waals surface area contributed by atoms with Crippen LogP contribution >= 0.6 is 0 Å². The fraction of sp³-hybridized carbons (Fsp3) is 0.100. The highest BCUT2D eigenvalue weighted by Gasteiger charge is 2.12. The Hall–Kier alpha value is -3.54. The number of fused-ring (bicyclic) bond motifs is 1. The minimum absolute atomic E-state index is 0.247. The van der Waals surface area contributed by atoms with Crippen LogP contribution in [0.2, 0.25) is 0 Å². The second-order valence-corrected chi connectivity index (χ2v) is 6.19. The first-order valence-electron chi connectivity index (χ1n) is 8.18. The van der Waals surface area contributed by atoms with E-state index in [9.17, 15) is 4.79 Å². The van der Waals surface area contributed by atoms with Gasteiger partial charge in [-0.25, -0.2) is 4.98 Å². The number of hydrogen-bond donors (Lipinski definition) is 1. The number of aromatic nitrogens is 4. The fourth-order valence-corrected chi connectivity index (χ4v) is 3.01. The van der Waals surface area contributed by atoms with Crippen molar-refractivity contribution >= 4 is 16.8 Å². The Kier molecular flexibility index (Phi) is 3.73. The van der Waals surface area contributed by atoms with Gasteiger partial charge in [0.05, 0.1) is 11.7 Å². The summed E-state index contributed by atoms with van der Waals surface area (Å²) in [4.78, 5) is 20.5. The lowest BCUT2D eigenvalue weighted by atomic mass is 10.0. The third-order valence-corrected chi connectivity index (χ3v) is 4.41. The molecule has 0 radical (unpaired) electrons. The molecule has 0 aliphatic heterocycles. The molecule has 1 amide bonds. The molecule has 26 heavy (non-hydrogen) atoms. The van der Waals surface area contributed by atoms with Crippen LogP contribution in [0.4, 0.5) is 0 Å². The van der Waals surface area contributed by atoms with Crippen LogP contribution in [0.25, 0.3) is 33.2 Å². The predicted molar refractivity (Wildman–Crippen MR) is 100 cm³/mol. The summed E-state index contributed by atoms with van der Waals surface area (Å²) in [6.45, 7) is 1.92. The van der Waals surface area contributed by atoms with Crippen LogP contribution in [0.3, 0.4) is 0 Å². The molecular weight excluding hydrogens is 326 g/mol. The van der Waals surface area contributed by atoms with E-state index in [1.165, 1.54) is 0 Å². The van der Waals surface area contributed by atoms with Crippen molar-refractivity contribution in [1.29, 1.82) is 0 Å². The van der Waals surface area contributed by atoms with Crippen molar-refractivity contribution in [2.75, 3.05) is 0 Å². The van der Waals surface area contributed by atoms with E-state index in [1.807, 2.05) is 56.7 Å². The van der Waals surface area contributed by atoms with Gasteiger partial charge in [-0.15, -0.1) is 0 Å². The maximum Gasteiger partial charge on any atom is 0.267 e. The molecule has 0 aliphatic carbocycles. The van der Waals surface area contributed by atoms with Gasteiger partial charge in [-0.3, -0.25) is 14.5 Å². The number of nitrogens with zero attached hydrogens (tertiary/aromatic N) is 4. The zero-order chi connectivity index (χ0) is 18.3. The molecular formula is C20H17N5O. The SMILES string of the molecule is Cc1ncc(-c2ccc(-c3cnn(C)c3)cc2)c2nc(C(N)=O)ccc12. The summed E-state index contributed by atoms with van der Waals surface area (Å²) in [6.07, 6.45) is 5.59. The molecule has 6 heteroatoms. The first-order chi connectivity index (χ1) is 12.5. The van der Waals surface area contributed by atoms with Crippen LogP contribution < -0.4 is 5.73 Å². The van der Waals surface area contributed by atoms with Gasteiger partial charge in [-0.1, -0.05) is 24.3 Å². The topological polar surface area (TPSA) is 86.7 Å². The van der Waals surface area contributed by atoms with Crippen molar-refractivity contribution in [3.63, 3.8) is 0 Å². The van der Waals surface area contributed by atoms with Crippen LogP contribution in [0.1, 0.15) is 16.2 Å². The largest absolute Gasteiger partial charge is 0.364 e. The number of carbonyl (C=O) groups is 1. The lowest BCUT2D eigenvalue weighted by Crippen LogP contribution is -2.13. The van der Waals surface area contributed by atoms with E-state index in [-0.39, 0.29) is 5.69 Å². The average Bonchev–Trinajstić information content (AvgIpc) is 3.08. The van der Waals surface area contributed by atoms with Crippen molar-refractivity contribution < 1.29 is 4.79 Å². The van der Waals surface area contributed by atoms with Gasteiger partial charge in [0, 0.05) is 41.6 Å². The van der Waals surface area contributed by atoms with Crippen LogP contribution in [0, 0.1) is 6.92 Å². The van der Waals surface area contributed by atoms with E-state index in [2.05, 4.69) is 15.1 Å². The maximum atomic E-state index is 11.5. The zero-order valence-electron chi connectivity index (χ0n) is 14.5. The molecule has 4 aromatic rings. The molecule has 0 saturated heterocycles. The van der Waals surface area contributed by atoms with Gasteiger partial charge in [0.15, 0.2) is 0 Å². The molecule has 128 valence electrons. The minimum atomic E-state index is -0.542. The summed E-state index contributed by atoms with van der Waals surface area (Å²) in [6, 6.07) is 11.6. The Morgan fingerprint density at radius 1 is 1.00 bits per heavy atom. The van der Waals surface area contributed by atoms with Gasteiger partial charge < -0.3 is 5.73 Å². The van der Waals surface area contributed by atoms with Gasteiger partial charge in [-0.05, 0) is 30.2 Å². The number of carbonyl (C=O) groups excluding carboxylic acids is 1. The van der Waals surface area contributed by atoms with Crippen LogP contribution in [-0.2, 0) is 7.05 Å². The van der Waals surface area contributed by atoms with Crippen molar-refractivity contribution in [1.82, 2.24) is 19.7 Å². The molecule has 0 unspecified atom stereocenters. The van der Waals surface area contributed by atoms with Gasteiger partial charge >= 0.3 is 0 Å². The van der Waals surface area contributed by atoms with Crippen molar-refractivity contribution in [3.8, 4) is 22.3 Å². The lowest BCUT2D eigenvalue weighted by Gasteiger charge is -2.09. The third kappa shape index (κ3) is 2.71. The number of rotatable bonds is 3. The van der Waals surface area contributed by atoms with E-state index < -0.39 is 5.91 Å². The second kappa shape index (κ2) is 6.07. The summed E-state index contributed by atoms with van der Waals surface area (Å²) in [5.41, 5.74) is 11.2. The molecule has 0 saturated carbocycles. The molecule has 0 fully saturated rings. The first kappa shape index (κ1) is 16.0. The van der Waals surface area contributed by atoms with Gasteiger partial charge in [0.2, 0.25) is 0 Å². The first-order valence-corrected chi connectivity index (χ1v) is 8.18. The molecule has 3 aromatic heterocycles. The maximum absolute atomic E-state index is 11.5. The van der Waals surface area contributed by atoms with Gasteiger partial charge in [-0.2, -0.15) is 5.10 Å². The van der Waals surface area contributed by atoms with E-state index in [4.69, 9.17) is 5.73 Å². The summed E-state index contributed by atoms with van der Waals surface area (Å²) in [5.74, 6) is -0.542. The summed E-state index contributed by atoms with van der Waals surface area (Å²) in [5, 5.41) is 5.11. The van der Waals surface area contributed by atoms with E-state index >= 15 is 0 Å². The number of aryl methyl sites for hydroxylation is 2. The van der Waals surface area contributed by atoms with Crippen molar-refractivity contribution in [2.45, 2.75) is 6.92 Å². The third-order valence-electron chi connectivity index (χ3n) is 4.41. The minimum Gasteiger partial charge on any atom is -0.364 e. The molecule has 0 atom stereocenters. The Labute approximate surface area is 150 Å². The average molecular weight is 343 g/mol. The number of pyridine rings is 2. The standard InChI is InChI=1S/C20H17N5O/c1-12-16-7-8-18(20(21)26)24-19(16)17(10-22-12)14-5-3-13(4-6-14)15-9-23-25(2)11-15/h3-11H,1-2H3,(H2,21,26). The lowest BCUT2D eigenvalue weighted by molar-refractivity contribution is 0.0996. The normalized spacial score (nSPS) is 11.0. The van der Waals surface area contributed by atoms with Crippen molar-refractivity contribution in [3.05, 3.63) is 66.4 Å². The highest BCUT2D eigenvalue weighted by atomic mass is 16.1. The molecule has 0 bridgehead atoms. The fourth-order valence-electron chi connectivity index (χ4n) is 3.01. The zero-order valence-corrected chi connectivity index (χ0v) is 14.5. The quantitative estimate of drug-likeness (QED) is 0.619. The molecule has 0 aliphatic rings. The number of nitrogens with two attached hydrogens (primary N) is 1. The monoisotopic (exact) mass is 343 g/mol. The number of primary amides is 1. The number of benzene rings is 1. The predicted octanol–water partition coefficient (Wildman–Crippen LogP) is 3.10. The van der Waals surface area contributed by atoms with Crippen molar-refractivity contribution in [2.24, 2.45) is 12.8 Å². The molecule has 2 N–H and O–H groups in total. The van der Waals surface area contributed by atoms with Crippen LogP contribution in [-0.4, -0.2) is 25.7 Å². The molecule has 6 nitrogen and oxygen atoms in total. The molecule has 4 rings (SSSR count). The number of hydrogen-bond acceptors (Lipinski definition) is 4. The summed E-state index contributed by atoms with van der Waals surface area (Å²) < 4.78 is 1.77. The Morgan fingerprint density at radius 3 is 2.38 bits per heavy atom. The van der Waals surface area contributed by atoms with Crippen LogP contribution in [0.5, 0.6) is 0 Å². The van der Waals surface area contributed by atoms with Gasteiger partial charge in [0.1, 0.15) is 5.69 Å². The van der Waals surface area contributed by atoms with Crippen LogP contribution in [0.15, 0.2) is 55.0 Å². The second-order valence-electron chi connectivity index (χ2n) is 6.19. The Balaban J connectivity index is 1.84. The van der Waals surface area contributed by atoms with E-state index in [0.29, 0.717) is 0 Å². The summed E-state index contributed by atoms with van der Waals surface area (Å²) >= 11 is 0.